The quantitative estimate of drug-likeness (QED) is 0.502. The summed E-state index contributed by atoms with van der Waals surface area (Å²) in [5.74, 6) is 0.346. The van der Waals surface area contributed by atoms with Crippen molar-refractivity contribution in [3.63, 3.8) is 0 Å². The van der Waals surface area contributed by atoms with Crippen LogP contribution in [0.15, 0.2) is 35.4 Å². The molecule has 0 radical (unpaired) electrons. The van der Waals surface area contributed by atoms with E-state index in [0.29, 0.717) is 16.5 Å². The smallest absolute Gasteiger partial charge is 0.333 e. The average molecular weight is 405 g/mol. The summed E-state index contributed by atoms with van der Waals surface area (Å²) >= 11 is 1.25. The van der Waals surface area contributed by atoms with Crippen LogP contribution in [0.2, 0.25) is 0 Å². The van der Waals surface area contributed by atoms with Gasteiger partial charge < -0.3 is 23.8 Å². The number of hydrogen-bond acceptors (Lipinski definition) is 8. The molecule has 28 heavy (non-hydrogen) atoms. The van der Waals surface area contributed by atoms with Gasteiger partial charge in [0.05, 0.1) is 30.0 Å². The first kappa shape index (κ1) is 19.8. The molecule has 0 saturated carbocycles. The number of esters is 2. The van der Waals surface area contributed by atoms with Crippen LogP contribution in [-0.4, -0.2) is 55.1 Å². The van der Waals surface area contributed by atoms with Gasteiger partial charge in [-0.1, -0.05) is 17.8 Å². The molecule has 148 valence electrons. The molecule has 2 heterocycles. The summed E-state index contributed by atoms with van der Waals surface area (Å²) in [4.78, 5) is 36.8. The zero-order valence-corrected chi connectivity index (χ0v) is 16.0. The van der Waals surface area contributed by atoms with Crippen molar-refractivity contribution >= 4 is 35.7 Å². The SMILES string of the molecule is CCOC(=O)/C=C1\SCC(=O)N1CCOC(=O)/C=C/c1ccc2c(c1)OCO2. The largest absolute Gasteiger partial charge is 0.463 e. The number of thioether (sulfide) groups is 1. The summed E-state index contributed by atoms with van der Waals surface area (Å²) in [5, 5.41) is 0.496. The number of amides is 1. The van der Waals surface area contributed by atoms with Gasteiger partial charge in [0.1, 0.15) is 6.61 Å². The number of benzene rings is 1. The minimum absolute atomic E-state index is 0.0107. The maximum atomic E-state index is 11.9. The standard InChI is InChI=1S/C19H19NO7S/c1-2-24-19(23)10-17-20(16(21)11-28-17)7-8-25-18(22)6-4-13-3-5-14-15(9-13)27-12-26-14/h3-6,9-10H,2,7-8,11-12H2,1H3/b6-4+,17-10-. The van der Waals surface area contributed by atoms with E-state index in [0.717, 1.165) is 5.56 Å². The second-order valence-electron chi connectivity index (χ2n) is 5.68. The fraction of sp³-hybridized carbons (Fsp3) is 0.316. The van der Waals surface area contributed by atoms with Crippen molar-refractivity contribution in [3.8, 4) is 11.5 Å². The highest BCUT2D eigenvalue weighted by Gasteiger charge is 2.27. The maximum absolute atomic E-state index is 11.9. The highest BCUT2D eigenvalue weighted by Crippen LogP contribution is 2.32. The Morgan fingerprint density at radius 3 is 2.86 bits per heavy atom. The lowest BCUT2D eigenvalue weighted by atomic mass is 10.2. The van der Waals surface area contributed by atoms with E-state index < -0.39 is 11.9 Å². The van der Waals surface area contributed by atoms with E-state index in [1.807, 2.05) is 0 Å². The number of rotatable bonds is 7. The molecular formula is C19H19NO7S. The van der Waals surface area contributed by atoms with Gasteiger partial charge in [-0.3, -0.25) is 4.79 Å². The number of ether oxygens (including phenoxy) is 4. The Kier molecular flexibility index (Phi) is 6.59. The highest BCUT2D eigenvalue weighted by atomic mass is 32.2. The summed E-state index contributed by atoms with van der Waals surface area (Å²) in [6, 6.07) is 5.32. The zero-order chi connectivity index (χ0) is 19.9. The summed E-state index contributed by atoms with van der Waals surface area (Å²) in [5.41, 5.74) is 0.770. The Balaban J connectivity index is 1.49. The Labute approximate surface area is 166 Å². The number of carbonyl (C=O) groups excluding carboxylic acids is 3. The van der Waals surface area contributed by atoms with Crippen molar-refractivity contribution in [3.05, 3.63) is 40.9 Å². The molecular weight excluding hydrogens is 386 g/mol. The van der Waals surface area contributed by atoms with Gasteiger partial charge in [-0.2, -0.15) is 0 Å². The normalized spacial score (nSPS) is 16.8. The van der Waals surface area contributed by atoms with Gasteiger partial charge in [0, 0.05) is 6.08 Å². The molecule has 1 aromatic rings. The third kappa shape index (κ3) is 5.07. The molecule has 2 aliphatic rings. The van der Waals surface area contributed by atoms with Crippen LogP contribution in [0, 0.1) is 0 Å². The third-order valence-corrected chi connectivity index (χ3v) is 4.83. The van der Waals surface area contributed by atoms with Gasteiger partial charge in [0.25, 0.3) is 0 Å². The first-order chi connectivity index (χ1) is 13.6. The molecule has 8 nitrogen and oxygen atoms in total. The van der Waals surface area contributed by atoms with Crippen LogP contribution in [-0.2, 0) is 23.9 Å². The lowest BCUT2D eigenvalue weighted by molar-refractivity contribution is -0.140. The van der Waals surface area contributed by atoms with Crippen LogP contribution in [0.4, 0.5) is 0 Å². The Bertz CT molecular complexity index is 834. The predicted molar refractivity (Wildman–Crippen MR) is 101 cm³/mol. The molecule has 0 spiro atoms. The summed E-state index contributed by atoms with van der Waals surface area (Å²) < 4.78 is 20.5. The minimum Gasteiger partial charge on any atom is -0.463 e. The van der Waals surface area contributed by atoms with Gasteiger partial charge in [0.15, 0.2) is 11.5 Å². The van der Waals surface area contributed by atoms with Crippen molar-refractivity contribution in [1.29, 1.82) is 0 Å². The highest BCUT2D eigenvalue weighted by molar-refractivity contribution is 8.04. The first-order valence-electron chi connectivity index (χ1n) is 8.63. The van der Waals surface area contributed by atoms with Gasteiger partial charge in [0.2, 0.25) is 12.7 Å². The van der Waals surface area contributed by atoms with E-state index in [-0.39, 0.29) is 38.2 Å². The zero-order valence-electron chi connectivity index (χ0n) is 15.2. The molecule has 1 fully saturated rings. The van der Waals surface area contributed by atoms with Crippen molar-refractivity contribution in [2.75, 3.05) is 32.3 Å². The molecule has 1 amide bonds. The van der Waals surface area contributed by atoms with Crippen LogP contribution in [0.3, 0.4) is 0 Å². The Morgan fingerprint density at radius 2 is 2.04 bits per heavy atom. The van der Waals surface area contributed by atoms with E-state index in [2.05, 4.69) is 0 Å². The van der Waals surface area contributed by atoms with E-state index in [9.17, 15) is 14.4 Å². The second-order valence-corrected chi connectivity index (χ2v) is 6.68. The molecule has 0 atom stereocenters. The second kappa shape index (κ2) is 9.32. The topological polar surface area (TPSA) is 91.4 Å². The summed E-state index contributed by atoms with van der Waals surface area (Å²) in [6.07, 6.45) is 4.18. The molecule has 0 bridgehead atoms. The number of carbonyl (C=O) groups is 3. The van der Waals surface area contributed by atoms with Crippen molar-refractivity contribution < 1.29 is 33.3 Å². The molecule has 9 heteroatoms. The molecule has 0 N–H and O–H groups in total. The fourth-order valence-corrected chi connectivity index (χ4v) is 3.48. The van der Waals surface area contributed by atoms with Crippen LogP contribution < -0.4 is 9.47 Å². The van der Waals surface area contributed by atoms with Gasteiger partial charge >= 0.3 is 11.9 Å². The lowest BCUT2D eigenvalue weighted by Gasteiger charge is -2.16. The van der Waals surface area contributed by atoms with Gasteiger partial charge in [-0.15, -0.1) is 0 Å². The van der Waals surface area contributed by atoms with Crippen LogP contribution in [0.5, 0.6) is 11.5 Å². The molecule has 3 rings (SSSR count). The molecule has 2 aliphatic heterocycles. The summed E-state index contributed by atoms with van der Waals surface area (Å²) in [6.45, 7) is 2.33. The lowest BCUT2D eigenvalue weighted by Crippen LogP contribution is -2.29. The maximum Gasteiger partial charge on any atom is 0.333 e. The monoisotopic (exact) mass is 405 g/mol. The predicted octanol–water partition coefficient (Wildman–Crippen LogP) is 1.95. The van der Waals surface area contributed by atoms with E-state index in [4.69, 9.17) is 18.9 Å². The van der Waals surface area contributed by atoms with Crippen molar-refractivity contribution in [2.24, 2.45) is 0 Å². The Morgan fingerprint density at radius 1 is 1.21 bits per heavy atom. The van der Waals surface area contributed by atoms with Crippen LogP contribution in [0.1, 0.15) is 12.5 Å². The molecule has 1 saturated heterocycles. The van der Waals surface area contributed by atoms with Crippen LogP contribution in [0.25, 0.3) is 6.08 Å². The van der Waals surface area contributed by atoms with E-state index in [1.165, 1.54) is 28.8 Å². The van der Waals surface area contributed by atoms with Gasteiger partial charge in [-0.25, -0.2) is 9.59 Å². The average Bonchev–Trinajstić information content (AvgIpc) is 3.27. The number of nitrogens with zero attached hydrogens (tertiary/aromatic N) is 1. The summed E-state index contributed by atoms with van der Waals surface area (Å²) in [7, 11) is 0. The number of hydrogen-bond donors (Lipinski definition) is 0. The fourth-order valence-electron chi connectivity index (χ4n) is 2.52. The van der Waals surface area contributed by atoms with E-state index in [1.54, 1.807) is 31.2 Å². The van der Waals surface area contributed by atoms with E-state index >= 15 is 0 Å². The molecule has 1 aromatic carbocycles. The molecule has 0 aliphatic carbocycles. The molecule has 0 aromatic heterocycles. The number of fused-ring (bicyclic) bond motifs is 1. The van der Waals surface area contributed by atoms with Gasteiger partial charge in [-0.05, 0) is 30.7 Å². The first-order valence-corrected chi connectivity index (χ1v) is 9.61. The van der Waals surface area contributed by atoms with Crippen LogP contribution >= 0.6 is 11.8 Å². The molecule has 0 unspecified atom stereocenters. The van der Waals surface area contributed by atoms with Crippen molar-refractivity contribution in [1.82, 2.24) is 4.90 Å². The Hall–Kier alpha value is -2.94. The van der Waals surface area contributed by atoms with Crippen molar-refractivity contribution in [2.45, 2.75) is 6.92 Å². The third-order valence-electron chi connectivity index (χ3n) is 3.81. The minimum atomic E-state index is -0.534.